The van der Waals surface area contributed by atoms with E-state index in [4.69, 9.17) is 27.6 Å². The molecule has 0 radical (unpaired) electrons. The standard InChI is InChI=1S/C19H16Cl2N2O3/c1-10-5-12(9-24)6-11(2)17(10)23-18(25)16-8-22-19(26-16)14-7-13(20)3-4-15(14)21/h3-8,24H,9H2,1-2H3,(H,23,25). The molecule has 26 heavy (non-hydrogen) atoms. The average molecular weight is 391 g/mol. The van der Waals surface area contributed by atoms with Gasteiger partial charge in [-0.15, -0.1) is 0 Å². The zero-order valence-electron chi connectivity index (χ0n) is 14.1. The van der Waals surface area contributed by atoms with Gasteiger partial charge in [-0.1, -0.05) is 35.3 Å². The van der Waals surface area contributed by atoms with Crippen molar-refractivity contribution in [1.82, 2.24) is 4.98 Å². The molecule has 0 spiro atoms. The first-order valence-corrected chi connectivity index (χ1v) is 8.58. The monoisotopic (exact) mass is 390 g/mol. The van der Waals surface area contributed by atoms with E-state index in [2.05, 4.69) is 10.3 Å². The van der Waals surface area contributed by atoms with Crippen LogP contribution in [0.15, 0.2) is 40.9 Å². The Bertz CT molecular complexity index is 960. The molecule has 0 saturated heterocycles. The second-order valence-corrected chi connectivity index (χ2v) is 6.71. The van der Waals surface area contributed by atoms with E-state index < -0.39 is 5.91 Å². The lowest BCUT2D eigenvalue weighted by atomic mass is 10.0. The lowest BCUT2D eigenvalue weighted by molar-refractivity contribution is 0.0997. The molecule has 0 bridgehead atoms. The molecule has 2 N–H and O–H groups in total. The van der Waals surface area contributed by atoms with Gasteiger partial charge in [-0.3, -0.25) is 4.79 Å². The van der Waals surface area contributed by atoms with Gasteiger partial charge in [0, 0.05) is 10.7 Å². The third-order valence-electron chi connectivity index (χ3n) is 3.90. The second-order valence-electron chi connectivity index (χ2n) is 5.87. The summed E-state index contributed by atoms with van der Waals surface area (Å²) in [6, 6.07) is 8.56. The van der Waals surface area contributed by atoms with Gasteiger partial charge in [0.25, 0.3) is 5.91 Å². The van der Waals surface area contributed by atoms with Crippen LogP contribution in [0.1, 0.15) is 27.2 Å². The molecule has 0 fully saturated rings. The van der Waals surface area contributed by atoms with Gasteiger partial charge in [-0.05, 0) is 48.7 Å². The lowest BCUT2D eigenvalue weighted by Crippen LogP contribution is -2.13. The molecule has 0 aliphatic heterocycles. The summed E-state index contributed by atoms with van der Waals surface area (Å²) >= 11 is 12.1. The highest BCUT2D eigenvalue weighted by Gasteiger charge is 2.17. The van der Waals surface area contributed by atoms with Crippen molar-refractivity contribution in [1.29, 1.82) is 0 Å². The van der Waals surface area contributed by atoms with Crippen LogP contribution in [-0.4, -0.2) is 16.0 Å². The number of nitrogens with one attached hydrogen (secondary N) is 1. The Kier molecular flexibility index (Phi) is 5.32. The average Bonchev–Trinajstić information content (AvgIpc) is 3.09. The number of oxazole rings is 1. The van der Waals surface area contributed by atoms with Crippen molar-refractivity contribution in [2.24, 2.45) is 0 Å². The molecule has 5 nitrogen and oxygen atoms in total. The predicted molar refractivity (Wildman–Crippen MR) is 102 cm³/mol. The van der Waals surface area contributed by atoms with Gasteiger partial charge < -0.3 is 14.8 Å². The van der Waals surface area contributed by atoms with E-state index >= 15 is 0 Å². The van der Waals surface area contributed by atoms with Crippen LogP contribution >= 0.6 is 23.2 Å². The number of halogens is 2. The fraction of sp³-hybridized carbons (Fsp3) is 0.158. The van der Waals surface area contributed by atoms with Crippen LogP contribution in [0.4, 0.5) is 5.69 Å². The molecule has 3 rings (SSSR count). The van der Waals surface area contributed by atoms with Crippen molar-refractivity contribution in [3.8, 4) is 11.5 Å². The topological polar surface area (TPSA) is 75.4 Å². The van der Waals surface area contributed by atoms with Gasteiger partial charge >= 0.3 is 0 Å². The lowest BCUT2D eigenvalue weighted by Gasteiger charge is -2.12. The Morgan fingerprint density at radius 2 is 1.88 bits per heavy atom. The normalized spacial score (nSPS) is 10.8. The first-order chi connectivity index (χ1) is 12.4. The largest absolute Gasteiger partial charge is 0.431 e. The molecule has 1 amide bonds. The summed E-state index contributed by atoms with van der Waals surface area (Å²) in [4.78, 5) is 16.6. The van der Waals surface area contributed by atoms with Crippen molar-refractivity contribution in [2.75, 3.05) is 5.32 Å². The molecule has 1 heterocycles. The highest BCUT2D eigenvalue weighted by molar-refractivity contribution is 6.35. The number of carbonyl (C=O) groups excluding carboxylic acids is 1. The molecule has 0 atom stereocenters. The zero-order chi connectivity index (χ0) is 18.8. The molecule has 2 aromatic carbocycles. The summed E-state index contributed by atoms with van der Waals surface area (Å²) in [5.74, 6) is -0.155. The summed E-state index contributed by atoms with van der Waals surface area (Å²) < 4.78 is 5.56. The number of nitrogens with zero attached hydrogens (tertiary/aromatic N) is 1. The molecule has 0 aliphatic carbocycles. The van der Waals surface area contributed by atoms with E-state index in [0.717, 1.165) is 16.7 Å². The minimum atomic E-state index is -0.426. The predicted octanol–water partition coefficient (Wildman–Crippen LogP) is 5.01. The van der Waals surface area contributed by atoms with Gasteiger partial charge in [-0.25, -0.2) is 4.98 Å². The van der Waals surface area contributed by atoms with Crippen molar-refractivity contribution >= 4 is 34.8 Å². The zero-order valence-corrected chi connectivity index (χ0v) is 15.6. The van der Waals surface area contributed by atoms with Crippen molar-refractivity contribution in [2.45, 2.75) is 20.5 Å². The minimum absolute atomic E-state index is 0.0538. The van der Waals surface area contributed by atoms with Gasteiger partial charge in [-0.2, -0.15) is 0 Å². The van der Waals surface area contributed by atoms with E-state index in [1.54, 1.807) is 18.2 Å². The van der Waals surface area contributed by atoms with Gasteiger partial charge in [0.1, 0.15) is 0 Å². The molecular weight excluding hydrogens is 375 g/mol. The third-order valence-corrected chi connectivity index (χ3v) is 4.47. The number of amides is 1. The fourth-order valence-corrected chi connectivity index (χ4v) is 3.05. The molecule has 0 saturated carbocycles. The number of aliphatic hydroxyl groups excluding tert-OH is 1. The number of aliphatic hydroxyl groups is 1. The maximum atomic E-state index is 12.5. The highest BCUT2D eigenvalue weighted by atomic mass is 35.5. The maximum absolute atomic E-state index is 12.5. The van der Waals surface area contributed by atoms with Crippen molar-refractivity contribution in [3.63, 3.8) is 0 Å². The number of carbonyl (C=O) groups is 1. The van der Waals surface area contributed by atoms with Crippen LogP contribution in [0, 0.1) is 13.8 Å². The van der Waals surface area contributed by atoms with E-state index in [-0.39, 0.29) is 18.3 Å². The minimum Gasteiger partial charge on any atom is -0.431 e. The number of anilines is 1. The SMILES string of the molecule is Cc1cc(CO)cc(C)c1NC(=O)c1cnc(-c2cc(Cl)ccc2Cl)o1. The van der Waals surface area contributed by atoms with Crippen LogP contribution < -0.4 is 5.32 Å². The van der Waals surface area contributed by atoms with Crippen LogP contribution in [0.25, 0.3) is 11.5 Å². The smallest absolute Gasteiger partial charge is 0.293 e. The number of rotatable bonds is 4. The Hall–Kier alpha value is -2.34. The molecule has 134 valence electrons. The number of benzene rings is 2. The van der Waals surface area contributed by atoms with Crippen LogP contribution in [0.5, 0.6) is 0 Å². The Balaban J connectivity index is 1.86. The second kappa shape index (κ2) is 7.50. The molecular formula is C19H16Cl2N2O3. The van der Waals surface area contributed by atoms with Crippen molar-refractivity contribution < 1.29 is 14.3 Å². The van der Waals surface area contributed by atoms with Gasteiger partial charge in [0.15, 0.2) is 0 Å². The van der Waals surface area contributed by atoms with Crippen molar-refractivity contribution in [3.05, 3.63) is 69.0 Å². The Labute approximate surface area is 160 Å². The van der Waals surface area contributed by atoms with E-state index in [0.29, 0.717) is 21.3 Å². The van der Waals surface area contributed by atoms with Gasteiger partial charge in [0.2, 0.25) is 11.7 Å². The number of hydrogen-bond acceptors (Lipinski definition) is 4. The van der Waals surface area contributed by atoms with Crippen LogP contribution in [-0.2, 0) is 6.61 Å². The van der Waals surface area contributed by atoms with Crippen LogP contribution in [0.3, 0.4) is 0 Å². The van der Waals surface area contributed by atoms with Gasteiger partial charge in [0.05, 0.1) is 23.4 Å². The third kappa shape index (κ3) is 3.75. The summed E-state index contributed by atoms with van der Waals surface area (Å²) in [6.07, 6.45) is 1.34. The van der Waals surface area contributed by atoms with E-state index in [1.165, 1.54) is 6.20 Å². The summed E-state index contributed by atoms with van der Waals surface area (Å²) in [7, 11) is 0. The molecule has 3 aromatic rings. The Morgan fingerprint density at radius 1 is 1.19 bits per heavy atom. The fourth-order valence-electron chi connectivity index (χ4n) is 2.68. The Morgan fingerprint density at radius 3 is 2.54 bits per heavy atom. The van der Waals surface area contributed by atoms with E-state index in [1.807, 2.05) is 26.0 Å². The molecule has 0 unspecified atom stereocenters. The van der Waals surface area contributed by atoms with E-state index in [9.17, 15) is 9.90 Å². The molecule has 0 aliphatic rings. The quantitative estimate of drug-likeness (QED) is 0.656. The number of aryl methyl sites for hydroxylation is 2. The maximum Gasteiger partial charge on any atom is 0.293 e. The highest BCUT2D eigenvalue weighted by Crippen LogP contribution is 2.30. The summed E-state index contributed by atoms with van der Waals surface area (Å²) in [5, 5.41) is 13.0. The summed E-state index contributed by atoms with van der Waals surface area (Å²) in [5.41, 5.74) is 3.67. The van der Waals surface area contributed by atoms with Crippen LogP contribution in [0.2, 0.25) is 10.0 Å². The first-order valence-electron chi connectivity index (χ1n) is 7.82. The number of aromatic nitrogens is 1. The molecule has 1 aromatic heterocycles. The summed E-state index contributed by atoms with van der Waals surface area (Å²) in [6.45, 7) is 3.67. The first kappa shape index (κ1) is 18.5. The number of hydrogen-bond donors (Lipinski definition) is 2. The molecule has 7 heteroatoms.